The second-order valence-corrected chi connectivity index (χ2v) is 9.84. The van der Waals surface area contributed by atoms with Crippen molar-refractivity contribution in [3.8, 4) is 34.5 Å². The van der Waals surface area contributed by atoms with Crippen molar-refractivity contribution < 1.29 is 24.1 Å². The van der Waals surface area contributed by atoms with E-state index >= 15 is 0 Å². The average Bonchev–Trinajstić information content (AvgIpc) is 2.92. The number of hydrogen-bond donors (Lipinski definition) is 5. The van der Waals surface area contributed by atoms with E-state index in [-0.39, 0.29) is 58.2 Å². The van der Waals surface area contributed by atoms with Gasteiger partial charge in [-0.05, 0) is 49.1 Å². The van der Waals surface area contributed by atoms with E-state index in [4.69, 9.17) is 37.1 Å². The van der Waals surface area contributed by atoms with Crippen LogP contribution >= 0.6 is 0 Å². The summed E-state index contributed by atoms with van der Waals surface area (Å²) in [5.74, 6) is 2.97. The maximum Gasteiger partial charge on any atom is 0.222 e. The highest BCUT2D eigenvalue weighted by Gasteiger charge is 2.18. The first-order chi connectivity index (χ1) is 19.8. The van der Waals surface area contributed by atoms with Crippen LogP contribution in [-0.2, 0) is 0 Å². The second-order valence-electron chi connectivity index (χ2n) is 9.84. The first kappa shape index (κ1) is 31.2. The Morgan fingerprint density at radius 3 is 1.71 bits per heavy atom. The largest absolute Gasteiger partial charge is 0.507 e. The van der Waals surface area contributed by atoms with E-state index in [1.54, 1.807) is 7.11 Å². The highest BCUT2D eigenvalue weighted by molar-refractivity contribution is 5.97. The van der Waals surface area contributed by atoms with Gasteiger partial charge in [0.2, 0.25) is 11.9 Å². The number of aromatic hydroxyl groups is 1. The Morgan fingerprint density at radius 2 is 1.26 bits per heavy atom. The number of hydrogen-bond acceptors (Lipinski definition) is 13. The number of anilines is 4. The van der Waals surface area contributed by atoms with Crippen LogP contribution in [0.15, 0.2) is 42.7 Å². The van der Waals surface area contributed by atoms with E-state index < -0.39 is 0 Å². The van der Waals surface area contributed by atoms with E-state index in [1.165, 1.54) is 31.5 Å². The molecule has 42 heavy (non-hydrogen) atoms. The van der Waals surface area contributed by atoms with E-state index in [9.17, 15) is 9.90 Å². The summed E-state index contributed by atoms with van der Waals surface area (Å²) in [7, 11) is 1.63. The quantitative estimate of drug-likeness (QED) is 0.174. The summed E-state index contributed by atoms with van der Waals surface area (Å²) in [5, 5.41) is 9.95. The number of nitrogens with two attached hydrogens (primary N) is 4. The molecule has 222 valence electrons. The summed E-state index contributed by atoms with van der Waals surface area (Å²) in [6.45, 7) is 9.40. The molecule has 4 aromatic rings. The zero-order chi connectivity index (χ0) is 31.1. The van der Waals surface area contributed by atoms with Gasteiger partial charge in [-0.3, -0.25) is 4.79 Å². The van der Waals surface area contributed by atoms with Crippen LogP contribution in [0.25, 0.3) is 0 Å². The van der Waals surface area contributed by atoms with Crippen LogP contribution in [0.3, 0.4) is 0 Å². The summed E-state index contributed by atoms with van der Waals surface area (Å²) in [6.07, 6.45) is 2.83. The van der Waals surface area contributed by atoms with Crippen molar-refractivity contribution in [1.29, 1.82) is 0 Å². The maximum atomic E-state index is 11.6. The molecule has 13 heteroatoms. The number of rotatable bonds is 8. The number of benzene rings is 2. The van der Waals surface area contributed by atoms with Crippen LogP contribution in [0.5, 0.6) is 34.5 Å². The van der Waals surface area contributed by atoms with E-state index in [0.717, 1.165) is 16.9 Å². The fourth-order valence-corrected chi connectivity index (χ4v) is 3.79. The number of carbonyl (C=O) groups excluding carboxylic acids is 1. The zero-order valence-corrected chi connectivity index (χ0v) is 24.4. The molecule has 0 unspecified atom stereocenters. The number of aromatic nitrogens is 4. The molecule has 2 heterocycles. The molecule has 0 aliphatic carbocycles. The second kappa shape index (κ2) is 13.4. The predicted molar refractivity (Wildman–Crippen MR) is 161 cm³/mol. The molecule has 9 N–H and O–H groups in total. The van der Waals surface area contributed by atoms with Gasteiger partial charge in [0, 0.05) is 11.1 Å². The molecule has 0 bridgehead atoms. The normalized spacial score (nSPS) is 10.7. The summed E-state index contributed by atoms with van der Waals surface area (Å²) in [5.41, 5.74) is 24.4. The Labute approximate surface area is 243 Å². The Kier molecular flexibility index (Phi) is 9.92. The molecule has 0 fully saturated rings. The van der Waals surface area contributed by atoms with Gasteiger partial charge < -0.3 is 42.3 Å². The van der Waals surface area contributed by atoms with Crippen molar-refractivity contribution in [3.05, 3.63) is 59.4 Å². The van der Waals surface area contributed by atoms with Crippen molar-refractivity contribution in [2.24, 2.45) is 0 Å². The van der Waals surface area contributed by atoms with Crippen LogP contribution in [0.4, 0.5) is 23.5 Å². The van der Waals surface area contributed by atoms with Gasteiger partial charge in [-0.15, -0.1) is 0 Å². The standard InChI is InChI=1S/C15H18N4O3.C14H18N4O2/c1-7(2)9-4-11(21)10(8(3)20)5-12(9)22-13-6-18-15(17)19-14(13)16;1-8(2)10-6-9(19-3)4-5-11(10)20-12-7-17-14(16)18-13(12)15/h4-7,21H,1-3H3,(H4,16,17,18,19);4-8H,1-3H3,(H4,15,16,17,18). The van der Waals surface area contributed by atoms with E-state index in [2.05, 4.69) is 33.8 Å². The number of phenolic OH excluding ortho intramolecular Hbond substituents is 1. The predicted octanol–water partition coefficient (Wildman–Crippen LogP) is 5.03. The Hall–Kier alpha value is -5.33. The molecule has 0 aliphatic rings. The SMILES string of the molecule is CC(=O)c1cc(Oc2cnc(N)nc2N)c(C(C)C)cc1O.COc1ccc(Oc2cnc(N)nc2N)c(C(C)C)c1. The van der Waals surface area contributed by atoms with Crippen LogP contribution in [0.2, 0.25) is 0 Å². The highest BCUT2D eigenvalue weighted by Crippen LogP contribution is 2.37. The zero-order valence-electron chi connectivity index (χ0n) is 24.4. The molecule has 13 nitrogen and oxygen atoms in total. The first-order valence-electron chi connectivity index (χ1n) is 13.0. The molecule has 0 saturated carbocycles. The molecule has 0 atom stereocenters. The highest BCUT2D eigenvalue weighted by atomic mass is 16.5. The lowest BCUT2D eigenvalue weighted by Gasteiger charge is -2.16. The van der Waals surface area contributed by atoms with Crippen molar-refractivity contribution >= 4 is 29.3 Å². The van der Waals surface area contributed by atoms with Crippen LogP contribution in [0.1, 0.15) is 67.9 Å². The summed E-state index contributed by atoms with van der Waals surface area (Å²) < 4.78 is 16.8. The minimum Gasteiger partial charge on any atom is -0.507 e. The van der Waals surface area contributed by atoms with Gasteiger partial charge in [0.1, 0.15) is 23.0 Å². The number of Topliss-reactive ketones (excluding diaryl/α,β-unsaturated/α-hetero) is 1. The number of ketones is 1. The first-order valence-corrected chi connectivity index (χ1v) is 13.0. The lowest BCUT2D eigenvalue weighted by Crippen LogP contribution is -2.04. The minimum atomic E-state index is -0.265. The lowest BCUT2D eigenvalue weighted by molar-refractivity contribution is 0.101. The number of ether oxygens (including phenoxy) is 3. The summed E-state index contributed by atoms with van der Waals surface area (Å²) >= 11 is 0. The Bertz CT molecular complexity index is 1580. The van der Waals surface area contributed by atoms with Crippen LogP contribution < -0.4 is 37.1 Å². The number of nitrogen functional groups attached to an aromatic ring is 4. The lowest BCUT2D eigenvalue weighted by atomic mass is 9.98. The number of methoxy groups -OCH3 is 1. The third kappa shape index (κ3) is 7.65. The molecule has 0 saturated heterocycles. The molecule has 0 spiro atoms. The molecule has 0 amide bonds. The molecule has 0 aliphatic heterocycles. The fraction of sp³-hybridized carbons (Fsp3) is 0.276. The van der Waals surface area contributed by atoms with Gasteiger partial charge in [0.25, 0.3) is 0 Å². The van der Waals surface area contributed by atoms with Crippen molar-refractivity contribution in [2.75, 3.05) is 30.0 Å². The van der Waals surface area contributed by atoms with Gasteiger partial charge in [-0.1, -0.05) is 27.7 Å². The molecule has 4 rings (SSSR count). The van der Waals surface area contributed by atoms with Gasteiger partial charge in [-0.25, -0.2) is 9.97 Å². The van der Waals surface area contributed by atoms with Crippen molar-refractivity contribution in [3.63, 3.8) is 0 Å². The summed E-state index contributed by atoms with van der Waals surface area (Å²) in [4.78, 5) is 27.0. The topological polar surface area (TPSA) is 221 Å². The number of nitrogens with zero attached hydrogens (tertiary/aromatic N) is 4. The minimum absolute atomic E-state index is 0.0454. The fourth-order valence-electron chi connectivity index (χ4n) is 3.79. The maximum absolute atomic E-state index is 11.6. The van der Waals surface area contributed by atoms with Crippen molar-refractivity contribution in [1.82, 2.24) is 19.9 Å². The van der Waals surface area contributed by atoms with Gasteiger partial charge in [0.15, 0.2) is 28.9 Å². The van der Waals surface area contributed by atoms with E-state index in [0.29, 0.717) is 17.2 Å². The molecular formula is C29H36N8O5. The van der Waals surface area contributed by atoms with E-state index in [1.807, 2.05) is 32.0 Å². The average molecular weight is 577 g/mol. The molecule has 2 aromatic carbocycles. The monoisotopic (exact) mass is 576 g/mol. The number of carbonyl (C=O) groups is 1. The molecule has 0 radical (unpaired) electrons. The van der Waals surface area contributed by atoms with Gasteiger partial charge in [-0.2, -0.15) is 9.97 Å². The number of phenols is 1. The summed E-state index contributed by atoms with van der Waals surface area (Å²) in [6, 6.07) is 8.61. The Balaban J connectivity index is 0.000000231. The molecular weight excluding hydrogens is 540 g/mol. The van der Waals surface area contributed by atoms with Gasteiger partial charge in [0.05, 0.1) is 25.1 Å². The van der Waals surface area contributed by atoms with Crippen LogP contribution in [0, 0.1) is 0 Å². The Morgan fingerprint density at radius 1 is 0.762 bits per heavy atom. The molecule has 2 aromatic heterocycles. The third-order valence-electron chi connectivity index (χ3n) is 6.01. The van der Waals surface area contributed by atoms with Gasteiger partial charge >= 0.3 is 0 Å². The van der Waals surface area contributed by atoms with Crippen LogP contribution in [-0.4, -0.2) is 37.9 Å². The smallest absolute Gasteiger partial charge is 0.222 e. The third-order valence-corrected chi connectivity index (χ3v) is 6.01. The van der Waals surface area contributed by atoms with Crippen molar-refractivity contribution in [2.45, 2.75) is 46.5 Å².